The molecule has 1 aliphatic heterocycles. The summed E-state index contributed by atoms with van der Waals surface area (Å²) >= 11 is 1.44. The zero-order chi connectivity index (χ0) is 19.6. The van der Waals surface area contributed by atoms with E-state index in [-0.39, 0.29) is 10.9 Å². The number of hydrogen-bond donors (Lipinski definition) is 1. The van der Waals surface area contributed by atoms with Gasteiger partial charge in [-0.05, 0) is 43.2 Å². The molecule has 0 aliphatic carbocycles. The van der Waals surface area contributed by atoms with Crippen LogP contribution < -0.4 is 10.1 Å². The van der Waals surface area contributed by atoms with E-state index in [2.05, 4.69) is 20.3 Å². The van der Waals surface area contributed by atoms with E-state index in [1.807, 2.05) is 5.38 Å². The first-order valence-electron chi connectivity index (χ1n) is 8.73. The van der Waals surface area contributed by atoms with E-state index in [0.29, 0.717) is 35.5 Å². The number of hydrogen-bond acceptors (Lipinski definition) is 8. The van der Waals surface area contributed by atoms with E-state index in [1.54, 1.807) is 49.8 Å². The fourth-order valence-corrected chi connectivity index (χ4v) is 5.40. The topological polar surface area (TPSA) is 97.3 Å². The van der Waals surface area contributed by atoms with Gasteiger partial charge in [0.1, 0.15) is 5.75 Å². The average Bonchev–Trinajstić information content (AvgIpc) is 3.40. The van der Waals surface area contributed by atoms with Crippen molar-refractivity contribution in [1.82, 2.24) is 19.3 Å². The second-order valence-electron chi connectivity index (χ2n) is 6.22. The predicted molar refractivity (Wildman–Crippen MR) is 106 cm³/mol. The summed E-state index contributed by atoms with van der Waals surface area (Å²) in [6, 6.07) is 7.88. The molecule has 0 saturated carbocycles. The molecule has 3 aromatic rings. The molecule has 0 amide bonds. The summed E-state index contributed by atoms with van der Waals surface area (Å²) in [4.78, 5) is 13.1. The molecule has 1 aliphatic rings. The maximum Gasteiger partial charge on any atom is 0.243 e. The van der Waals surface area contributed by atoms with Gasteiger partial charge in [-0.2, -0.15) is 4.31 Å². The van der Waals surface area contributed by atoms with Gasteiger partial charge in [-0.3, -0.25) is 0 Å². The van der Waals surface area contributed by atoms with Crippen LogP contribution in [0.15, 0.2) is 53.0 Å². The molecule has 1 fully saturated rings. The second-order valence-corrected chi connectivity index (χ2v) is 9.00. The lowest BCUT2D eigenvalue weighted by molar-refractivity contribution is 0.390. The Morgan fingerprint density at radius 1 is 1.18 bits per heavy atom. The van der Waals surface area contributed by atoms with Crippen LogP contribution in [0.4, 0.5) is 11.1 Å². The Hall–Kier alpha value is -2.56. The normalized spacial score (nSPS) is 17.5. The first-order valence-corrected chi connectivity index (χ1v) is 11.1. The zero-order valence-corrected chi connectivity index (χ0v) is 16.8. The molecule has 1 aromatic carbocycles. The van der Waals surface area contributed by atoms with Crippen LogP contribution in [-0.4, -0.2) is 41.3 Å². The summed E-state index contributed by atoms with van der Waals surface area (Å²) < 4.78 is 33.0. The molecule has 10 heteroatoms. The molecule has 1 atom stereocenters. The fourth-order valence-electron chi connectivity index (χ4n) is 3.21. The van der Waals surface area contributed by atoms with Gasteiger partial charge in [0.15, 0.2) is 5.13 Å². The number of ether oxygens (including phenoxy) is 1. The fraction of sp³-hybridized carbons (Fsp3) is 0.278. The van der Waals surface area contributed by atoms with Gasteiger partial charge in [0.05, 0.1) is 23.7 Å². The monoisotopic (exact) mass is 417 g/mol. The number of sulfonamides is 1. The molecular weight excluding hydrogens is 398 g/mol. The maximum absolute atomic E-state index is 13.2. The van der Waals surface area contributed by atoms with Crippen molar-refractivity contribution in [3.8, 4) is 5.75 Å². The summed E-state index contributed by atoms with van der Waals surface area (Å²) in [7, 11) is -2.09. The number of rotatable bonds is 6. The van der Waals surface area contributed by atoms with Crippen molar-refractivity contribution < 1.29 is 13.2 Å². The minimum Gasteiger partial charge on any atom is -0.497 e. The Balaban J connectivity index is 1.61. The molecular formula is C18H19N5O3S2. The Labute approximate surface area is 167 Å². The van der Waals surface area contributed by atoms with Gasteiger partial charge in [0, 0.05) is 24.3 Å². The van der Waals surface area contributed by atoms with E-state index < -0.39 is 10.0 Å². The third-order valence-electron chi connectivity index (χ3n) is 4.54. The summed E-state index contributed by atoms with van der Waals surface area (Å²) in [6.45, 7) is 0.457. The molecule has 1 unspecified atom stereocenters. The second kappa shape index (κ2) is 7.82. The molecule has 0 bridgehead atoms. The van der Waals surface area contributed by atoms with Gasteiger partial charge in [-0.25, -0.2) is 23.4 Å². The van der Waals surface area contributed by atoms with Gasteiger partial charge in [-0.1, -0.05) is 0 Å². The third-order valence-corrected chi connectivity index (χ3v) is 7.15. The molecule has 8 nitrogen and oxygen atoms in total. The maximum atomic E-state index is 13.2. The number of anilines is 2. The third kappa shape index (κ3) is 3.71. The Bertz CT molecular complexity index is 1040. The van der Waals surface area contributed by atoms with Crippen LogP contribution in [0.5, 0.6) is 5.75 Å². The smallest absolute Gasteiger partial charge is 0.243 e. The zero-order valence-electron chi connectivity index (χ0n) is 15.1. The van der Waals surface area contributed by atoms with Gasteiger partial charge in [-0.15, -0.1) is 11.3 Å². The van der Waals surface area contributed by atoms with Crippen LogP contribution in [0.2, 0.25) is 0 Å². The number of nitrogens with one attached hydrogen (secondary N) is 1. The SMILES string of the molecule is COc1ccc(S(=O)(=O)N2CCCC2c2ccnc(Nc3nccs3)n2)cc1. The lowest BCUT2D eigenvalue weighted by atomic mass is 10.1. The molecule has 1 N–H and O–H groups in total. The quantitative estimate of drug-likeness (QED) is 0.658. The standard InChI is InChI=1S/C18H19N5O3S2/c1-26-13-4-6-14(7-5-13)28(24,25)23-11-2-3-16(23)15-8-9-19-17(21-15)22-18-20-10-12-27-18/h4-10,12,16H,2-3,11H2,1H3,(H,19,20,21,22). The van der Waals surface area contributed by atoms with Gasteiger partial charge >= 0.3 is 0 Å². The number of thiazole rings is 1. The van der Waals surface area contributed by atoms with Crippen molar-refractivity contribution in [1.29, 1.82) is 0 Å². The lowest BCUT2D eigenvalue weighted by Crippen LogP contribution is -2.31. The molecule has 2 aromatic heterocycles. The van der Waals surface area contributed by atoms with Gasteiger partial charge in [0.2, 0.25) is 16.0 Å². The Morgan fingerprint density at radius 3 is 2.71 bits per heavy atom. The number of aromatic nitrogens is 3. The molecule has 4 rings (SSSR count). The van der Waals surface area contributed by atoms with Crippen LogP contribution >= 0.6 is 11.3 Å². The van der Waals surface area contributed by atoms with Crippen LogP contribution in [0.25, 0.3) is 0 Å². The highest BCUT2D eigenvalue weighted by Gasteiger charge is 2.37. The molecule has 0 spiro atoms. The van der Waals surface area contributed by atoms with Crippen molar-refractivity contribution in [2.24, 2.45) is 0 Å². The van der Waals surface area contributed by atoms with Crippen molar-refractivity contribution >= 4 is 32.4 Å². The summed E-state index contributed by atoms with van der Waals surface area (Å²) in [5, 5.41) is 5.59. The largest absolute Gasteiger partial charge is 0.497 e. The molecule has 3 heterocycles. The van der Waals surface area contributed by atoms with Crippen molar-refractivity contribution in [3.63, 3.8) is 0 Å². The number of benzene rings is 1. The predicted octanol–water partition coefficient (Wildman–Crippen LogP) is 3.21. The summed E-state index contributed by atoms with van der Waals surface area (Å²) in [5.74, 6) is 1.02. The van der Waals surface area contributed by atoms with Crippen molar-refractivity contribution in [3.05, 3.63) is 53.8 Å². The van der Waals surface area contributed by atoms with E-state index in [0.717, 1.165) is 6.42 Å². The van der Waals surface area contributed by atoms with Gasteiger partial charge in [0.25, 0.3) is 0 Å². The summed E-state index contributed by atoms with van der Waals surface area (Å²) in [5.41, 5.74) is 0.670. The van der Waals surface area contributed by atoms with Crippen LogP contribution in [0, 0.1) is 0 Å². The molecule has 28 heavy (non-hydrogen) atoms. The Kier molecular flexibility index (Phi) is 5.25. The van der Waals surface area contributed by atoms with Gasteiger partial charge < -0.3 is 10.1 Å². The summed E-state index contributed by atoms with van der Waals surface area (Å²) in [6.07, 6.45) is 4.81. The highest BCUT2D eigenvalue weighted by molar-refractivity contribution is 7.89. The highest BCUT2D eigenvalue weighted by Crippen LogP contribution is 2.36. The first kappa shape index (κ1) is 18.8. The molecule has 146 valence electrons. The number of methoxy groups -OCH3 is 1. The minimum absolute atomic E-state index is 0.246. The molecule has 1 saturated heterocycles. The van der Waals surface area contributed by atoms with Crippen molar-refractivity contribution in [2.45, 2.75) is 23.8 Å². The van der Waals surface area contributed by atoms with E-state index in [1.165, 1.54) is 15.6 Å². The number of nitrogens with zero attached hydrogens (tertiary/aromatic N) is 4. The average molecular weight is 418 g/mol. The van der Waals surface area contributed by atoms with Crippen molar-refractivity contribution in [2.75, 3.05) is 19.0 Å². The minimum atomic E-state index is -3.64. The highest BCUT2D eigenvalue weighted by atomic mass is 32.2. The van der Waals surface area contributed by atoms with E-state index in [4.69, 9.17) is 4.74 Å². The molecule has 0 radical (unpaired) electrons. The first-order chi connectivity index (χ1) is 13.6. The van der Waals surface area contributed by atoms with Crippen LogP contribution in [0.1, 0.15) is 24.6 Å². The van der Waals surface area contributed by atoms with Crippen LogP contribution in [-0.2, 0) is 10.0 Å². The van der Waals surface area contributed by atoms with E-state index >= 15 is 0 Å². The lowest BCUT2D eigenvalue weighted by Gasteiger charge is -2.24. The van der Waals surface area contributed by atoms with E-state index in [9.17, 15) is 8.42 Å². The van der Waals surface area contributed by atoms with Crippen LogP contribution in [0.3, 0.4) is 0 Å². The Morgan fingerprint density at radius 2 is 2.00 bits per heavy atom.